The van der Waals surface area contributed by atoms with E-state index in [-0.39, 0.29) is 12.2 Å². The third kappa shape index (κ3) is 2.76. The summed E-state index contributed by atoms with van der Waals surface area (Å²) in [5.74, 6) is 0. The maximum absolute atomic E-state index is 9.62. The smallest absolute Gasteiger partial charge is 0.0779 e. The molecule has 2 fully saturated rings. The maximum Gasteiger partial charge on any atom is 0.0779 e. The Hall–Kier alpha value is -0.870. The molecule has 2 aliphatic rings. The number of nitrogens with zero attached hydrogens (tertiary/aromatic N) is 2. The molecule has 2 heterocycles. The second-order valence-corrected chi connectivity index (χ2v) is 6.59. The molecule has 1 aromatic rings. The Balaban J connectivity index is 1.74. The van der Waals surface area contributed by atoms with Crippen molar-refractivity contribution in [3.63, 3.8) is 0 Å². The van der Waals surface area contributed by atoms with Gasteiger partial charge >= 0.3 is 0 Å². The van der Waals surface area contributed by atoms with Gasteiger partial charge in [0.2, 0.25) is 0 Å². The van der Waals surface area contributed by atoms with Gasteiger partial charge in [-0.1, -0.05) is 26.7 Å². The first-order valence-corrected chi connectivity index (χ1v) is 8.57. The van der Waals surface area contributed by atoms with Crippen molar-refractivity contribution in [1.82, 2.24) is 9.78 Å². The van der Waals surface area contributed by atoms with E-state index < -0.39 is 0 Å². The predicted molar refractivity (Wildman–Crippen MR) is 82.2 cm³/mol. The van der Waals surface area contributed by atoms with Gasteiger partial charge in [0.05, 0.1) is 30.6 Å². The molecule has 1 saturated heterocycles. The third-order valence-corrected chi connectivity index (χ3v) is 5.31. The minimum atomic E-state index is 0.0990. The number of aryl methyl sites for hydroxylation is 1. The molecule has 3 rings (SSSR count). The lowest BCUT2D eigenvalue weighted by molar-refractivity contribution is -0.0431. The Bertz CT molecular complexity index is 489. The molecular weight excluding hydrogens is 264 g/mol. The van der Waals surface area contributed by atoms with Gasteiger partial charge < -0.3 is 9.84 Å². The summed E-state index contributed by atoms with van der Waals surface area (Å²) in [6, 6.07) is 0. The highest BCUT2D eigenvalue weighted by Crippen LogP contribution is 2.43. The number of rotatable bonds is 5. The monoisotopic (exact) mass is 292 g/mol. The lowest BCUT2D eigenvalue weighted by Gasteiger charge is -2.24. The Morgan fingerprint density at radius 3 is 2.62 bits per heavy atom. The summed E-state index contributed by atoms with van der Waals surface area (Å²) in [6.07, 6.45) is 9.59. The lowest BCUT2D eigenvalue weighted by atomic mass is 9.98. The van der Waals surface area contributed by atoms with Gasteiger partial charge in [0.15, 0.2) is 0 Å². The number of ether oxygens (including phenoxy) is 1. The van der Waals surface area contributed by atoms with Crippen molar-refractivity contribution in [3.8, 4) is 0 Å². The van der Waals surface area contributed by atoms with Crippen LogP contribution in [-0.4, -0.2) is 26.6 Å². The molecule has 1 atom stereocenters. The minimum absolute atomic E-state index is 0.0990. The van der Waals surface area contributed by atoms with Crippen molar-refractivity contribution in [1.29, 1.82) is 0 Å². The molecule has 1 unspecified atom stereocenters. The molecule has 21 heavy (non-hydrogen) atoms. The van der Waals surface area contributed by atoms with Crippen molar-refractivity contribution in [3.05, 3.63) is 17.0 Å². The molecule has 1 aliphatic heterocycles. The van der Waals surface area contributed by atoms with Gasteiger partial charge in [-0.15, -0.1) is 0 Å². The Labute approximate surface area is 127 Å². The number of aliphatic hydroxyl groups excluding tert-OH is 1. The van der Waals surface area contributed by atoms with E-state index in [1.165, 1.54) is 37.8 Å². The van der Waals surface area contributed by atoms with Crippen molar-refractivity contribution < 1.29 is 9.84 Å². The SMILES string of the molecule is CCc1nn(CC2CCC3(CCCC3)O2)c(CC)c1CO. The summed E-state index contributed by atoms with van der Waals surface area (Å²) in [5.41, 5.74) is 3.46. The average Bonchev–Trinajstić information content (AvgIpc) is 3.19. The Morgan fingerprint density at radius 1 is 1.24 bits per heavy atom. The molecule has 0 radical (unpaired) electrons. The van der Waals surface area contributed by atoms with Crippen LogP contribution in [0.4, 0.5) is 0 Å². The third-order valence-electron chi connectivity index (χ3n) is 5.31. The molecule has 0 bridgehead atoms. The van der Waals surface area contributed by atoms with Crippen molar-refractivity contribution in [2.24, 2.45) is 0 Å². The van der Waals surface area contributed by atoms with Crippen LogP contribution in [0.3, 0.4) is 0 Å². The van der Waals surface area contributed by atoms with E-state index >= 15 is 0 Å². The van der Waals surface area contributed by atoms with Gasteiger partial charge in [0, 0.05) is 11.3 Å². The molecule has 1 spiro atoms. The molecule has 4 heteroatoms. The van der Waals surface area contributed by atoms with Crippen LogP contribution in [0.5, 0.6) is 0 Å². The molecule has 118 valence electrons. The molecular formula is C17H28N2O2. The first kappa shape index (κ1) is 15.0. The highest BCUT2D eigenvalue weighted by molar-refractivity contribution is 5.26. The zero-order valence-corrected chi connectivity index (χ0v) is 13.4. The number of hydrogen-bond donors (Lipinski definition) is 1. The quantitative estimate of drug-likeness (QED) is 0.907. The van der Waals surface area contributed by atoms with E-state index in [4.69, 9.17) is 9.84 Å². The number of aliphatic hydroxyl groups is 1. The molecule has 0 aromatic carbocycles. The summed E-state index contributed by atoms with van der Waals surface area (Å²) < 4.78 is 8.51. The molecule has 4 nitrogen and oxygen atoms in total. The summed E-state index contributed by atoms with van der Waals surface area (Å²) in [7, 11) is 0. The maximum atomic E-state index is 9.62. The molecule has 0 amide bonds. The van der Waals surface area contributed by atoms with Gasteiger partial charge in [-0.25, -0.2) is 0 Å². The van der Waals surface area contributed by atoms with Crippen LogP contribution >= 0.6 is 0 Å². The van der Waals surface area contributed by atoms with Gasteiger partial charge in [-0.2, -0.15) is 5.10 Å². The van der Waals surface area contributed by atoms with Gasteiger partial charge in [0.1, 0.15) is 0 Å². The minimum Gasteiger partial charge on any atom is -0.392 e. The summed E-state index contributed by atoms with van der Waals surface area (Å²) in [4.78, 5) is 0. The van der Waals surface area contributed by atoms with Gasteiger partial charge in [0.25, 0.3) is 0 Å². The molecule has 1 saturated carbocycles. The first-order valence-electron chi connectivity index (χ1n) is 8.57. The lowest BCUT2D eigenvalue weighted by Crippen LogP contribution is -2.27. The zero-order valence-electron chi connectivity index (χ0n) is 13.4. The van der Waals surface area contributed by atoms with E-state index in [9.17, 15) is 5.11 Å². The first-order chi connectivity index (χ1) is 10.2. The van der Waals surface area contributed by atoms with Crippen molar-refractivity contribution >= 4 is 0 Å². The van der Waals surface area contributed by atoms with E-state index in [0.717, 1.165) is 37.1 Å². The number of aromatic nitrogens is 2. The fourth-order valence-corrected chi connectivity index (χ4v) is 4.21. The topological polar surface area (TPSA) is 47.3 Å². The average molecular weight is 292 g/mol. The van der Waals surface area contributed by atoms with Crippen LogP contribution < -0.4 is 0 Å². The zero-order chi connectivity index (χ0) is 14.9. The summed E-state index contributed by atoms with van der Waals surface area (Å²) >= 11 is 0. The fraction of sp³-hybridized carbons (Fsp3) is 0.824. The van der Waals surface area contributed by atoms with Crippen LogP contribution in [0.1, 0.15) is 69.3 Å². The highest BCUT2D eigenvalue weighted by Gasteiger charge is 2.42. The standard InChI is InChI=1S/C17H28N2O2/c1-3-15-14(12-20)16(4-2)19(18-15)11-13-7-10-17(21-13)8-5-6-9-17/h13,20H,3-12H2,1-2H3. The highest BCUT2D eigenvalue weighted by atomic mass is 16.5. The normalized spacial score (nSPS) is 24.2. The fourth-order valence-electron chi connectivity index (χ4n) is 4.21. The summed E-state index contributed by atoms with van der Waals surface area (Å²) in [6.45, 7) is 5.19. The van der Waals surface area contributed by atoms with Crippen LogP contribution in [0.25, 0.3) is 0 Å². The summed E-state index contributed by atoms with van der Waals surface area (Å²) in [5, 5.41) is 14.3. The van der Waals surface area contributed by atoms with Gasteiger partial charge in [-0.05, 0) is 38.5 Å². The van der Waals surface area contributed by atoms with Crippen LogP contribution in [0.15, 0.2) is 0 Å². The Morgan fingerprint density at radius 2 is 2.00 bits per heavy atom. The largest absolute Gasteiger partial charge is 0.392 e. The van der Waals surface area contributed by atoms with Gasteiger partial charge in [-0.3, -0.25) is 4.68 Å². The van der Waals surface area contributed by atoms with Crippen LogP contribution in [-0.2, 0) is 30.7 Å². The van der Waals surface area contributed by atoms with E-state index in [2.05, 4.69) is 18.5 Å². The van der Waals surface area contributed by atoms with Crippen LogP contribution in [0.2, 0.25) is 0 Å². The van der Waals surface area contributed by atoms with E-state index in [0.29, 0.717) is 6.10 Å². The Kier molecular flexibility index (Phi) is 4.36. The van der Waals surface area contributed by atoms with E-state index in [1.807, 2.05) is 0 Å². The van der Waals surface area contributed by atoms with Crippen LogP contribution in [0, 0.1) is 0 Å². The van der Waals surface area contributed by atoms with Crippen molar-refractivity contribution in [2.45, 2.75) is 90.1 Å². The van der Waals surface area contributed by atoms with E-state index in [1.54, 1.807) is 0 Å². The second-order valence-electron chi connectivity index (χ2n) is 6.59. The molecule has 1 aliphatic carbocycles. The number of hydrogen-bond acceptors (Lipinski definition) is 3. The molecule has 1 aromatic heterocycles. The second kappa shape index (κ2) is 6.09. The van der Waals surface area contributed by atoms with Crippen molar-refractivity contribution in [2.75, 3.05) is 0 Å². The molecule has 1 N–H and O–H groups in total. The predicted octanol–water partition coefficient (Wildman–Crippen LogP) is 2.99.